The van der Waals surface area contributed by atoms with Gasteiger partial charge in [-0.1, -0.05) is 90.2 Å². The van der Waals surface area contributed by atoms with Crippen LogP contribution in [0.25, 0.3) is 27.6 Å². The Bertz CT molecular complexity index is 2190. The van der Waals surface area contributed by atoms with E-state index in [4.69, 9.17) is 9.73 Å². The second-order valence-electron chi connectivity index (χ2n) is 10.4. The van der Waals surface area contributed by atoms with Gasteiger partial charge in [0.15, 0.2) is 4.80 Å². The Labute approximate surface area is 251 Å². The van der Waals surface area contributed by atoms with E-state index in [0.717, 1.165) is 32.7 Å². The first-order valence-corrected chi connectivity index (χ1v) is 14.8. The second-order valence-corrected chi connectivity index (χ2v) is 11.4. The van der Waals surface area contributed by atoms with Crippen molar-refractivity contribution in [2.45, 2.75) is 13.0 Å². The van der Waals surface area contributed by atoms with Crippen LogP contribution in [0.4, 0.5) is 5.69 Å². The predicted molar refractivity (Wildman–Crippen MR) is 173 cm³/mol. The van der Waals surface area contributed by atoms with Gasteiger partial charge in [0, 0.05) is 5.69 Å². The lowest BCUT2D eigenvalue weighted by Crippen LogP contribution is -2.40. The molecule has 7 heteroatoms. The highest BCUT2D eigenvalue weighted by Crippen LogP contribution is 2.32. The summed E-state index contributed by atoms with van der Waals surface area (Å²) in [5.74, 6) is 0.387. The third-order valence-electron chi connectivity index (χ3n) is 7.82. The predicted octanol–water partition coefficient (Wildman–Crippen LogP) is 6.19. The van der Waals surface area contributed by atoms with Crippen molar-refractivity contribution in [2.24, 2.45) is 4.99 Å². The summed E-state index contributed by atoms with van der Waals surface area (Å²) in [7, 11) is 1.61. The van der Waals surface area contributed by atoms with Crippen molar-refractivity contribution < 1.29 is 9.53 Å². The van der Waals surface area contributed by atoms with Crippen molar-refractivity contribution in [2.75, 3.05) is 12.4 Å². The molecule has 6 nitrogen and oxygen atoms in total. The first-order valence-electron chi connectivity index (χ1n) is 14.0. The number of benzene rings is 5. The zero-order chi connectivity index (χ0) is 29.5. The molecular weight excluding hydrogens is 554 g/mol. The molecule has 1 N–H and O–H groups in total. The standard InChI is InChI=1S/C36H27N3O3S/c1-22-32(34(40)38-26-12-4-3-5-13-26)33(23-16-18-27(42-2)19-17-23)39-35(41)31(43-36(39)37-22)21-30-28-14-8-6-10-24(28)20-25-11-7-9-15-29(25)30/h3-21,33H,1-2H3,(H,38,40)/b31-21+/t33-/m0/s1. The van der Waals surface area contributed by atoms with Crippen molar-refractivity contribution >= 4 is 50.6 Å². The monoisotopic (exact) mass is 581 g/mol. The molecule has 43 heavy (non-hydrogen) atoms. The first-order chi connectivity index (χ1) is 21.0. The van der Waals surface area contributed by atoms with Crippen LogP contribution < -0.4 is 24.9 Å². The van der Waals surface area contributed by atoms with Crippen LogP contribution in [0.1, 0.15) is 24.1 Å². The minimum atomic E-state index is -0.669. The van der Waals surface area contributed by atoms with Crippen molar-refractivity contribution in [3.05, 3.63) is 151 Å². The Morgan fingerprint density at radius 1 is 0.884 bits per heavy atom. The number of ether oxygens (including phenoxy) is 1. The van der Waals surface area contributed by atoms with Gasteiger partial charge in [-0.15, -0.1) is 0 Å². The van der Waals surface area contributed by atoms with Crippen LogP contribution in [-0.2, 0) is 4.79 Å². The number of carbonyl (C=O) groups is 1. The molecular formula is C36H27N3O3S. The summed E-state index contributed by atoms with van der Waals surface area (Å²) in [5.41, 5.74) is 3.23. The van der Waals surface area contributed by atoms with Gasteiger partial charge in [0.2, 0.25) is 0 Å². The van der Waals surface area contributed by atoms with Crippen LogP contribution in [0.2, 0.25) is 0 Å². The Hall–Kier alpha value is -5.27. The zero-order valence-electron chi connectivity index (χ0n) is 23.6. The minimum Gasteiger partial charge on any atom is -0.497 e. The van der Waals surface area contributed by atoms with E-state index in [-0.39, 0.29) is 11.5 Å². The minimum absolute atomic E-state index is 0.195. The fourth-order valence-corrected chi connectivity index (χ4v) is 6.80. The molecule has 1 aliphatic heterocycles. The topological polar surface area (TPSA) is 72.7 Å². The number of aromatic nitrogens is 1. The Balaban J connectivity index is 1.45. The molecule has 1 aliphatic rings. The number of allylic oxidation sites excluding steroid dienone is 1. The average Bonchev–Trinajstić information content (AvgIpc) is 3.34. The Morgan fingerprint density at radius 3 is 2.16 bits per heavy atom. The number of amides is 1. The number of hydrogen-bond acceptors (Lipinski definition) is 5. The number of para-hydroxylation sites is 1. The molecule has 6 aromatic rings. The summed E-state index contributed by atoms with van der Waals surface area (Å²) in [6, 6.07) is 34.7. The van der Waals surface area contributed by atoms with E-state index in [1.165, 1.54) is 11.3 Å². The highest BCUT2D eigenvalue weighted by molar-refractivity contribution is 7.07. The summed E-state index contributed by atoms with van der Waals surface area (Å²) >= 11 is 1.34. The highest BCUT2D eigenvalue weighted by Gasteiger charge is 2.32. The highest BCUT2D eigenvalue weighted by atomic mass is 32.1. The number of hydrogen-bond donors (Lipinski definition) is 1. The van der Waals surface area contributed by atoms with E-state index in [1.807, 2.05) is 91.9 Å². The first kappa shape index (κ1) is 26.6. The molecule has 1 atom stereocenters. The Morgan fingerprint density at radius 2 is 1.51 bits per heavy atom. The van der Waals surface area contributed by atoms with Gasteiger partial charge in [-0.25, -0.2) is 4.99 Å². The number of methoxy groups -OCH3 is 1. The third-order valence-corrected chi connectivity index (χ3v) is 8.80. The normalized spacial score (nSPS) is 14.9. The summed E-state index contributed by atoms with van der Waals surface area (Å²) in [5, 5.41) is 7.34. The maximum Gasteiger partial charge on any atom is 0.271 e. The van der Waals surface area contributed by atoms with Crippen molar-refractivity contribution in [1.29, 1.82) is 0 Å². The van der Waals surface area contributed by atoms with Crippen molar-refractivity contribution in [3.63, 3.8) is 0 Å². The molecule has 0 saturated heterocycles. The molecule has 0 aliphatic carbocycles. The summed E-state index contributed by atoms with van der Waals surface area (Å²) in [6.45, 7) is 1.83. The molecule has 0 radical (unpaired) electrons. The van der Waals surface area contributed by atoms with E-state index >= 15 is 0 Å². The maximum absolute atomic E-state index is 14.3. The molecule has 0 spiro atoms. The number of thiazole rings is 1. The molecule has 1 amide bonds. The molecule has 0 saturated carbocycles. The van der Waals surface area contributed by atoms with Gasteiger partial charge in [-0.3, -0.25) is 14.2 Å². The van der Waals surface area contributed by atoms with Gasteiger partial charge in [0.1, 0.15) is 5.75 Å². The SMILES string of the molecule is COc1ccc([C@H]2C(C(=O)Nc3ccccc3)=C(C)N=c3s/c(=C/c4c5ccccc5cc5ccccc45)c(=O)n32)cc1. The second kappa shape index (κ2) is 10.9. The van der Waals surface area contributed by atoms with Crippen LogP contribution in [0, 0.1) is 0 Å². The molecule has 7 rings (SSSR count). The van der Waals surface area contributed by atoms with Crippen LogP contribution in [0.3, 0.4) is 0 Å². The lowest BCUT2D eigenvalue weighted by atomic mass is 9.95. The van der Waals surface area contributed by atoms with Gasteiger partial charge in [-0.05, 0) is 76.0 Å². The van der Waals surface area contributed by atoms with Crippen LogP contribution in [0.5, 0.6) is 5.75 Å². The third kappa shape index (κ3) is 4.73. The van der Waals surface area contributed by atoms with Gasteiger partial charge in [0.05, 0.1) is 29.0 Å². The van der Waals surface area contributed by atoms with Crippen LogP contribution in [-0.4, -0.2) is 17.6 Å². The fourth-order valence-electron chi connectivity index (χ4n) is 5.77. The molecule has 2 heterocycles. The number of fused-ring (bicyclic) bond motifs is 3. The van der Waals surface area contributed by atoms with Gasteiger partial charge in [0.25, 0.3) is 11.5 Å². The number of anilines is 1. The molecule has 5 aromatic carbocycles. The zero-order valence-corrected chi connectivity index (χ0v) is 24.4. The largest absolute Gasteiger partial charge is 0.497 e. The number of nitrogens with one attached hydrogen (secondary N) is 1. The maximum atomic E-state index is 14.3. The summed E-state index contributed by atoms with van der Waals surface area (Å²) in [4.78, 5) is 33.5. The fraction of sp³-hybridized carbons (Fsp3) is 0.0833. The molecule has 0 unspecified atom stereocenters. The molecule has 210 valence electrons. The quantitative estimate of drug-likeness (QED) is 0.247. The van der Waals surface area contributed by atoms with Gasteiger partial charge in [-0.2, -0.15) is 0 Å². The van der Waals surface area contributed by atoms with Crippen molar-refractivity contribution in [1.82, 2.24) is 4.57 Å². The molecule has 0 fully saturated rings. The Kier molecular flexibility index (Phi) is 6.72. The van der Waals surface area contributed by atoms with Crippen LogP contribution >= 0.6 is 11.3 Å². The smallest absolute Gasteiger partial charge is 0.271 e. The van der Waals surface area contributed by atoms with Crippen molar-refractivity contribution in [3.8, 4) is 5.75 Å². The molecule has 0 bridgehead atoms. The van der Waals surface area contributed by atoms with E-state index < -0.39 is 6.04 Å². The van der Waals surface area contributed by atoms with Gasteiger partial charge >= 0.3 is 0 Å². The van der Waals surface area contributed by atoms with Crippen LogP contribution in [0.15, 0.2) is 130 Å². The van der Waals surface area contributed by atoms with E-state index in [1.54, 1.807) is 11.7 Å². The van der Waals surface area contributed by atoms with Gasteiger partial charge < -0.3 is 10.1 Å². The van der Waals surface area contributed by atoms with E-state index in [2.05, 4.69) is 35.6 Å². The van der Waals surface area contributed by atoms with E-state index in [9.17, 15) is 9.59 Å². The number of rotatable bonds is 5. The lowest BCUT2D eigenvalue weighted by Gasteiger charge is -2.25. The summed E-state index contributed by atoms with van der Waals surface area (Å²) < 4.78 is 7.59. The number of nitrogens with zero attached hydrogens (tertiary/aromatic N) is 2. The van der Waals surface area contributed by atoms with E-state index in [0.29, 0.717) is 32.0 Å². The number of carbonyl (C=O) groups excluding carboxylic acids is 1. The summed E-state index contributed by atoms with van der Waals surface area (Å²) in [6.07, 6.45) is 1.97. The molecule has 1 aromatic heterocycles. The average molecular weight is 582 g/mol. The lowest BCUT2D eigenvalue weighted by molar-refractivity contribution is -0.113.